The van der Waals surface area contributed by atoms with E-state index in [9.17, 15) is 8.42 Å². The molecule has 0 aromatic heterocycles. The maximum absolute atomic E-state index is 12.9. The number of sulfonamides is 1. The molecular weight excluding hydrogens is 340 g/mol. The van der Waals surface area contributed by atoms with Gasteiger partial charge in [0.05, 0.1) is 24.3 Å². The average Bonchev–Trinajstić information content (AvgIpc) is 2.89. The molecule has 0 amide bonds. The molecule has 0 aliphatic heterocycles. The molecule has 0 heterocycles. The van der Waals surface area contributed by atoms with Crippen molar-refractivity contribution >= 4 is 21.4 Å². The predicted octanol–water partition coefficient (Wildman–Crippen LogP) is 3.27. The number of benzene rings is 1. The van der Waals surface area contributed by atoms with Gasteiger partial charge in [0.1, 0.15) is 12.9 Å². The topological polar surface area (TPSA) is 77.0 Å². The van der Waals surface area contributed by atoms with Crippen molar-refractivity contribution in [2.24, 2.45) is 21.9 Å². The van der Waals surface area contributed by atoms with Gasteiger partial charge >= 0.3 is 0 Å². The summed E-state index contributed by atoms with van der Waals surface area (Å²) < 4.78 is 33.7. The van der Waals surface area contributed by atoms with Crippen molar-refractivity contribution in [3.05, 3.63) is 24.3 Å². The molecule has 2 aliphatic rings. The molecule has 2 atom stereocenters. The van der Waals surface area contributed by atoms with Crippen LogP contribution in [-0.2, 0) is 14.9 Å². The smallest absolute Gasteiger partial charge is 0.233 e. The molecular formula is C18H26N2O4S. The molecule has 2 aliphatic carbocycles. The maximum atomic E-state index is 12.9. The van der Waals surface area contributed by atoms with E-state index >= 15 is 0 Å². The average molecular weight is 366 g/mol. The van der Waals surface area contributed by atoms with Gasteiger partial charge in [-0.1, -0.05) is 25.1 Å². The van der Waals surface area contributed by atoms with E-state index in [0.717, 1.165) is 25.0 Å². The molecule has 7 heteroatoms. The summed E-state index contributed by atoms with van der Waals surface area (Å²) in [5, 5.41) is 4.20. The van der Waals surface area contributed by atoms with E-state index in [0.29, 0.717) is 17.4 Å². The van der Waals surface area contributed by atoms with E-state index in [1.54, 1.807) is 31.4 Å². The van der Waals surface area contributed by atoms with Crippen LogP contribution in [0.5, 0.6) is 5.75 Å². The van der Waals surface area contributed by atoms with Crippen molar-refractivity contribution < 1.29 is 18.0 Å². The van der Waals surface area contributed by atoms with Gasteiger partial charge in [0, 0.05) is 11.5 Å². The van der Waals surface area contributed by atoms with Crippen molar-refractivity contribution in [2.75, 3.05) is 24.7 Å². The molecule has 138 valence electrons. The van der Waals surface area contributed by atoms with Crippen LogP contribution in [0.15, 0.2) is 29.4 Å². The lowest BCUT2D eigenvalue weighted by molar-refractivity contribution is 0.182. The summed E-state index contributed by atoms with van der Waals surface area (Å²) in [6.45, 7) is 4.31. The molecule has 1 aromatic carbocycles. The van der Waals surface area contributed by atoms with E-state index in [1.807, 2.05) is 0 Å². The van der Waals surface area contributed by atoms with Crippen LogP contribution in [0.3, 0.4) is 0 Å². The van der Waals surface area contributed by atoms with Crippen LogP contribution in [0.1, 0.15) is 33.1 Å². The number of anilines is 1. The van der Waals surface area contributed by atoms with E-state index in [2.05, 4.69) is 23.7 Å². The first kappa shape index (κ1) is 18.0. The molecule has 2 unspecified atom stereocenters. The third-order valence-corrected chi connectivity index (χ3v) is 7.57. The Balaban J connectivity index is 1.89. The highest BCUT2D eigenvalue weighted by atomic mass is 32.2. The summed E-state index contributed by atoms with van der Waals surface area (Å²) >= 11 is 0. The number of oxime groups is 1. The van der Waals surface area contributed by atoms with E-state index in [4.69, 9.17) is 9.57 Å². The van der Waals surface area contributed by atoms with Crippen molar-refractivity contribution in [2.45, 2.75) is 33.1 Å². The number of nitrogens with zero attached hydrogens (tertiary/aromatic N) is 1. The summed E-state index contributed by atoms with van der Waals surface area (Å²) in [5.74, 6) is 1.08. The minimum Gasteiger partial charge on any atom is -0.497 e. The van der Waals surface area contributed by atoms with Gasteiger partial charge in [-0.25, -0.2) is 8.42 Å². The number of fused-ring (bicyclic) bond motifs is 2. The fourth-order valence-corrected chi connectivity index (χ4v) is 6.49. The minimum atomic E-state index is -3.55. The first-order chi connectivity index (χ1) is 11.7. The largest absolute Gasteiger partial charge is 0.497 e. The van der Waals surface area contributed by atoms with Gasteiger partial charge in [0.2, 0.25) is 10.0 Å². The predicted molar refractivity (Wildman–Crippen MR) is 98.4 cm³/mol. The van der Waals surface area contributed by atoms with Crippen molar-refractivity contribution in [1.29, 1.82) is 0 Å². The summed E-state index contributed by atoms with van der Waals surface area (Å²) in [4.78, 5) is 5.02. The Kier molecular flexibility index (Phi) is 4.47. The summed E-state index contributed by atoms with van der Waals surface area (Å²) in [7, 11) is -0.479. The Morgan fingerprint density at radius 1 is 1.32 bits per heavy atom. The zero-order chi connectivity index (χ0) is 18.3. The molecule has 0 saturated heterocycles. The molecule has 6 nitrogen and oxygen atoms in total. The lowest BCUT2D eigenvalue weighted by Gasteiger charge is -2.37. The summed E-state index contributed by atoms with van der Waals surface area (Å²) in [6.07, 6.45) is 2.67. The van der Waals surface area contributed by atoms with Crippen molar-refractivity contribution in [3.8, 4) is 5.75 Å². The fourth-order valence-electron chi connectivity index (χ4n) is 4.60. The van der Waals surface area contributed by atoms with E-state index < -0.39 is 15.4 Å². The molecule has 0 radical (unpaired) electrons. The lowest BCUT2D eigenvalue weighted by atomic mass is 9.70. The highest BCUT2D eigenvalue weighted by molar-refractivity contribution is 7.92. The van der Waals surface area contributed by atoms with Gasteiger partial charge in [-0.3, -0.25) is 4.72 Å². The Labute approximate surface area is 149 Å². The second-order valence-corrected chi connectivity index (χ2v) is 9.28. The second kappa shape index (κ2) is 6.20. The molecule has 2 saturated carbocycles. The Morgan fingerprint density at radius 2 is 2.08 bits per heavy atom. The Morgan fingerprint density at radius 3 is 2.72 bits per heavy atom. The zero-order valence-corrected chi connectivity index (χ0v) is 16.0. The van der Waals surface area contributed by atoms with Gasteiger partial charge in [-0.05, 0) is 42.7 Å². The highest BCUT2D eigenvalue weighted by Crippen LogP contribution is 2.64. The highest BCUT2D eigenvalue weighted by Gasteiger charge is 2.64. The van der Waals surface area contributed by atoms with Crippen molar-refractivity contribution in [1.82, 2.24) is 0 Å². The maximum Gasteiger partial charge on any atom is 0.233 e. The van der Waals surface area contributed by atoms with E-state index in [-0.39, 0.29) is 11.2 Å². The van der Waals surface area contributed by atoms with Crippen LogP contribution in [-0.4, -0.2) is 34.1 Å². The van der Waals surface area contributed by atoms with Gasteiger partial charge in [0.15, 0.2) is 0 Å². The standard InChI is InChI=1S/C18H26N2O4S/c1-17(2)13-8-9-18(17,16(10-13)19-24-4)12-25(21,22)20-14-6-5-7-15(11-14)23-3/h5-7,11,13,20H,8-10,12H2,1-4H3. The van der Waals surface area contributed by atoms with Crippen LogP contribution >= 0.6 is 0 Å². The second-order valence-electron chi connectivity index (χ2n) is 7.56. The number of methoxy groups -OCH3 is 1. The number of hydrogen-bond donors (Lipinski definition) is 1. The quantitative estimate of drug-likeness (QED) is 0.784. The first-order valence-corrected chi connectivity index (χ1v) is 10.1. The van der Waals surface area contributed by atoms with Crippen LogP contribution in [0, 0.1) is 16.7 Å². The number of nitrogens with one attached hydrogen (secondary N) is 1. The van der Waals surface area contributed by atoms with Gasteiger partial charge < -0.3 is 9.57 Å². The third-order valence-electron chi connectivity index (χ3n) is 6.15. The lowest BCUT2D eigenvalue weighted by Crippen LogP contribution is -2.43. The monoisotopic (exact) mass is 366 g/mol. The molecule has 25 heavy (non-hydrogen) atoms. The number of hydrogen-bond acceptors (Lipinski definition) is 5. The molecule has 2 fully saturated rings. The number of rotatable bonds is 6. The molecule has 1 N–H and O–H groups in total. The van der Waals surface area contributed by atoms with Crippen LogP contribution in [0.25, 0.3) is 0 Å². The van der Waals surface area contributed by atoms with Gasteiger partial charge in [0.25, 0.3) is 0 Å². The van der Waals surface area contributed by atoms with Gasteiger partial charge in [-0.15, -0.1) is 0 Å². The fraction of sp³-hybridized carbons (Fsp3) is 0.611. The molecule has 1 aromatic rings. The number of ether oxygens (including phenoxy) is 1. The van der Waals surface area contributed by atoms with E-state index in [1.165, 1.54) is 7.11 Å². The normalized spacial score (nSPS) is 29.0. The van der Waals surface area contributed by atoms with Crippen molar-refractivity contribution in [3.63, 3.8) is 0 Å². The SMILES string of the molecule is CON=C1CC2CCC1(CS(=O)(=O)Nc1cccc(OC)c1)C2(C)C. The van der Waals surface area contributed by atoms with Crippen LogP contribution < -0.4 is 9.46 Å². The Hall–Kier alpha value is -1.76. The minimum absolute atomic E-state index is 0.0168. The van der Waals surface area contributed by atoms with Crippen LogP contribution in [0.4, 0.5) is 5.69 Å². The molecule has 0 spiro atoms. The third kappa shape index (κ3) is 2.99. The van der Waals surface area contributed by atoms with Crippen LogP contribution in [0.2, 0.25) is 0 Å². The Bertz CT molecular complexity index is 788. The summed E-state index contributed by atoms with van der Waals surface area (Å²) in [6, 6.07) is 6.94. The first-order valence-electron chi connectivity index (χ1n) is 8.49. The summed E-state index contributed by atoms with van der Waals surface area (Å²) in [5.41, 5.74) is 0.796. The molecule has 2 bridgehead atoms. The van der Waals surface area contributed by atoms with Gasteiger partial charge in [-0.2, -0.15) is 0 Å². The molecule has 3 rings (SSSR count). The zero-order valence-electron chi connectivity index (χ0n) is 15.2.